The highest BCUT2D eigenvalue weighted by Gasteiger charge is 2.18. The molecule has 0 bridgehead atoms. The van der Waals surface area contributed by atoms with Crippen molar-refractivity contribution in [3.63, 3.8) is 0 Å². The second-order valence-electron chi connectivity index (χ2n) is 4.56. The molecule has 0 fully saturated rings. The fourth-order valence-corrected chi connectivity index (χ4v) is 1.46. The van der Waals surface area contributed by atoms with Gasteiger partial charge in [0, 0.05) is 12.1 Å². The minimum Gasteiger partial charge on any atom is -0.349 e. The minimum absolute atomic E-state index is 0.0820. The summed E-state index contributed by atoms with van der Waals surface area (Å²) in [6.45, 7) is 5.59. The van der Waals surface area contributed by atoms with Crippen LogP contribution >= 0.6 is 0 Å². The van der Waals surface area contributed by atoms with E-state index in [1.165, 1.54) is 13.0 Å². The lowest BCUT2D eigenvalue weighted by atomic mass is 10.0. The number of carbonyl (C=O) groups excluding carboxylic acids is 1. The highest BCUT2D eigenvalue weighted by molar-refractivity contribution is 5.94. The standard InChI is InChI=1S/C13H18F2N2O/c1-7-4-10(12(15)5-11(7)14)13(18)17-9(3)8(2)6-16/h4-5,8-9H,6,16H2,1-3H3,(H,17,18). The van der Waals surface area contributed by atoms with Gasteiger partial charge < -0.3 is 11.1 Å². The van der Waals surface area contributed by atoms with Crippen LogP contribution < -0.4 is 11.1 Å². The predicted octanol–water partition coefficient (Wildman–Crippen LogP) is 1.99. The van der Waals surface area contributed by atoms with E-state index in [1.807, 2.05) is 6.92 Å². The molecule has 0 saturated heterocycles. The molecular formula is C13H18F2N2O. The normalized spacial score (nSPS) is 14.1. The minimum atomic E-state index is -0.858. The number of rotatable bonds is 4. The molecule has 0 spiro atoms. The van der Waals surface area contributed by atoms with Gasteiger partial charge in [-0.15, -0.1) is 0 Å². The first-order valence-corrected chi connectivity index (χ1v) is 5.83. The third kappa shape index (κ3) is 3.26. The first kappa shape index (κ1) is 14.6. The van der Waals surface area contributed by atoms with Crippen LogP contribution in [0.4, 0.5) is 8.78 Å². The van der Waals surface area contributed by atoms with Crippen molar-refractivity contribution in [2.24, 2.45) is 11.7 Å². The number of halogens is 2. The summed E-state index contributed by atoms with van der Waals surface area (Å²) in [5.74, 6) is -1.99. The van der Waals surface area contributed by atoms with E-state index in [-0.39, 0.29) is 23.1 Å². The summed E-state index contributed by atoms with van der Waals surface area (Å²) in [7, 11) is 0. The lowest BCUT2D eigenvalue weighted by molar-refractivity contribution is 0.0925. The maximum atomic E-state index is 13.5. The molecule has 100 valence electrons. The van der Waals surface area contributed by atoms with Gasteiger partial charge in [0.05, 0.1) is 5.56 Å². The molecule has 3 N–H and O–H groups in total. The number of carbonyl (C=O) groups is 1. The quantitative estimate of drug-likeness (QED) is 0.865. The van der Waals surface area contributed by atoms with Crippen molar-refractivity contribution in [3.8, 4) is 0 Å². The van der Waals surface area contributed by atoms with E-state index in [0.29, 0.717) is 6.54 Å². The van der Waals surface area contributed by atoms with Gasteiger partial charge in [0.1, 0.15) is 11.6 Å². The molecular weight excluding hydrogens is 238 g/mol. The molecule has 1 aromatic rings. The zero-order valence-corrected chi connectivity index (χ0v) is 10.8. The van der Waals surface area contributed by atoms with E-state index in [4.69, 9.17) is 5.73 Å². The van der Waals surface area contributed by atoms with E-state index in [2.05, 4.69) is 5.32 Å². The summed E-state index contributed by atoms with van der Waals surface area (Å²) in [5.41, 5.74) is 5.58. The SMILES string of the molecule is Cc1cc(C(=O)NC(C)C(C)CN)c(F)cc1F. The van der Waals surface area contributed by atoms with Gasteiger partial charge in [-0.1, -0.05) is 6.92 Å². The Bertz CT molecular complexity index is 449. The maximum Gasteiger partial charge on any atom is 0.254 e. The van der Waals surface area contributed by atoms with Gasteiger partial charge in [0.25, 0.3) is 5.91 Å². The van der Waals surface area contributed by atoms with Crippen molar-refractivity contribution in [3.05, 3.63) is 34.9 Å². The summed E-state index contributed by atoms with van der Waals surface area (Å²) >= 11 is 0. The van der Waals surface area contributed by atoms with Crippen molar-refractivity contribution >= 4 is 5.91 Å². The maximum absolute atomic E-state index is 13.5. The fraction of sp³-hybridized carbons (Fsp3) is 0.462. The van der Waals surface area contributed by atoms with Gasteiger partial charge in [-0.2, -0.15) is 0 Å². The van der Waals surface area contributed by atoms with Gasteiger partial charge in [0.2, 0.25) is 0 Å². The lowest BCUT2D eigenvalue weighted by Gasteiger charge is -2.20. The summed E-state index contributed by atoms with van der Waals surface area (Å²) in [6, 6.07) is 1.76. The Hall–Kier alpha value is -1.49. The van der Waals surface area contributed by atoms with Crippen LogP contribution in [0.2, 0.25) is 0 Å². The molecule has 0 aliphatic carbocycles. The monoisotopic (exact) mass is 256 g/mol. The van der Waals surface area contributed by atoms with Gasteiger partial charge >= 0.3 is 0 Å². The molecule has 5 heteroatoms. The van der Waals surface area contributed by atoms with Gasteiger partial charge in [-0.3, -0.25) is 4.79 Å². The van der Waals surface area contributed by atoms with E-state index in [1.54, 1.807) is 6.92 Å². The fourth-order valence-electron chi connectivity index (χ4n) is 1.46. The number of benzene rings is 1. The average Bonchev–Trinajstić information content (AvgIpc) is 2.32. The molecule has 0 aromatic heterocycles. The van der Waals surface area contributed by atoms with Crippen molar-refractivity contribution in [2.45, 2.75) is 26.8 Å². The lowest BCUT2D eigenvalue weighted by Crippen LogP contribution is -2.40. The molecule has 2 atom stereocenters. The van der Waals surface area contributed by atoms with E-state index in [9.17, 15) is 13.6 Å². The Balaban J connectivity index is 2.88. The Kier molecular flexibility index (Phi) is 4.78. The Morgan fingerprint density at radius 1 is 1.33 bits per heavy atom. The van der Waals surface area contributed by atoms with Gasteiger partial charge in [-0.25, -0.2) is 8.78 Å². The third-order valence-electron chi connectivity index (χ3n) is 3.08. The molecule has 0 aliphatic heterocycles. The molecule has 0 aliphatic rings. The topological polar surface area (TPSA) is 55.1 Å². The van der Waals surface area contributed by atoms with Crippen molar-refractivity contribution < 1.29 is 13.6 Å². The third-order valence-corrected chi connectivity index (χ3v) is 3.08. The average molecular weight is 256 g/mol. The summed E-state index contributed by atoms with van der Waals surface area (Å²) in [5, 5.41) is 2.65. The van der Waals surface area contributed by atoms with Crippen LogP contribution in [-0.2, 0) is 0 Å². The van der Waals surface area contributed by atoms with Crippen LogP contribution in [-0.4, -0.2) is 18.5 Å². The van der Waals surface area contributed by atoms with Crippen LogP contribution in [0.25, 0.3) is 0 Å². The Labute approximate surface area is 105 Å². The summed E-state index contributed by atoms with van der Waals surface area (Å²) in [4.78, 5) is 11.8. The molecule has 1 rings (SSSR count). The van der Waals surface area contributed by atoms with Gasteiger partial charge in [-0.05, 0) is 37.9 Å². The van der Waals surface area contributed by atoms with Crippen LogP contribution in [0, 0.1) is 24.5 Å². The molecule has 18 heavy (non-hydrogen) atoms. The molecule has 2 unspecified atom stereocenters. The first-order chi connectivity index (χ1) is 8.36. The molecule has 3 nitrogen and oxygen atoms in total. The summed E-state index contributed by atoms with van der Waals surface area (Å²) < 4.78 is 26.6. The number of hydrogen-bond acceptors (Lipinski definition) is 2. The molecule has 1 aromatic carbocycles. The number of aryl methyl sites for hydroxylation is 1. The number of hydrogen-bond donors (Lipinski definition) is 2. The summed E-state index contributed by atoms with van der Waals surface area (Å²) in [6.07, 6.45) is 0. The molecule has 1 amide bonds. The highest BCUT2D eigenvalue weighted by Crippen LogP contribution is 2.14. The van der Waals surface area contributed by atoms with E-state index >= 15 is 0 Å². The van der Waals surface area contributed by atoms with Gasteiger partial charge in [0.15, 0.2) is 0 Å². The molecule has 0 heterocycles. The second kappa shape index (κ2) is 5.91. The number of nitrogens with two attached hydrogens (primary N) is 1. The van der Waals surface area contributed by atoms with Crippen LogP contribution in [0.1, 0.15) is 29.8 Å². The highest BCUT2D eigenvalue weighted by atomic mass is 19.1. The van der Waals surface area contributed by atoms with Crippen LogP contribution in [0.5, 0.6) is 0 Å². The molecule has 0 saturated carbocycles. The van der Waals surface area contributed by atoms with E-state index < -0.39 is 17.5 Å². The van der Waals surface area contributed by atoms with Crippen molar-refractivity contribution in [1.29, 1.82) is 0 Å². The molecule has 0 radical (unpaired) electrons. The zero-order valence-electron chi connectivity index (χ0n) is 10.8. The van der Waals surface area contributed by atoms with Crippen LogP contribution in [0.15, 0.2) is 12.1 Å². The van der Waals surface area contributed by atoms with Crippen molar-refractivity contribution in [1.82, 2.24) is 5.32 Å². The van der Waals surface area contributed by atoms with Crippen molar-refractivity contribution in [2.75, 3.05) is 6.54 Å². The zero-order chi connectivity index (χ0) is 13.9. The van der Waals surface area contributed by atoms with Crippen LogP contribution in [0.3, 0.4) is 0 Å². The smallest absolute Gasteiger partial charge is 0.254 e. The number of nitrogens with one attached hydrogen (secondary N) is 1. The Morgan fingerprint density at radius 2 is 1.94 bits per heavy atom. The Morgan fingerprint density at radius 3 is 2.50 bits per heavy atom. The second-order valence-corrected chi connectivity index (χ2v) is 4.56. The largest absolute Gasteiger partial charge is 0.349 e. The predicted molar refractivity (Wildman–Crippen MR) is 66.2 cm³/mol. The first-order valence-electron chi connectivity index (χ1n) is 5.83. The van der Waals surface area contributed by atoms with E-state index in [0.717, 1.165) is 6.07 Å². The number of amides is 1.